The number of ether oxygens (including phenoxy) is 2. The maximum Gasteiger partial charge on any atom is 0.347 e. The van der Waals surface area contributed by atoms with Crippen LogP contribution in [-0.2, 0) is 16.0 Å². The van der Waals surface area contributed by atoms with E-state index >= 15 is 0 Å². The minimum absolute atomic E-state index is 0.340. The molecule has 3 rings (SSSR count). The van der Waals surface area contributed by atoms with Crippen LogP contribution in [0.15, 0.2) is 60.9 Å². The van der Waals surface area contributed by atoms with Crippen LogP contribution >= 0.6 is 0 Å². The van der Waals surface area contributed by atoms with E-state index in [1.54, 1.807) is 6.92 Å². The fraction of sp³-hybridized carbons (Fsp3) is 0.414. The lowest BCUT2D eigenvalue weighted by atomic mass is 10.0. The number of aryl methyl sites for hydroxylation is 1. The Balaban J connectivity index is 1.55. The molecule has 0 aliphatic carbocycles. The van der Waals surface area contributed by atoms with Crippen molar-refractivity contribution >= 4 is 5.97 Å². The Hall–Kier alpha value is -3.21. The van der Waals surface area contributed by atoms with Gasteiger partial charge in [0.2, 0.25) is 0 Å². The van der Waals surface area contributed by atoms with Crippen molar-refractivity contribution in [1.29, 1.82) is 0 Å². The summed E-state index contributed by atoms with van der Waals surface area (Å²) in [5.41, 5.74) is 4.37. The normalized spacial score (nSPS) is 11.7. The first-order valence-corrected chi connectivity index (χ1v) is 12.5. The molecule has 0 saturated carbocycles. The number of unbranched alkanes of at least 4 members (excludes halogenated alkanes) is 4. The van der Waals surface area contributed by atoms with Gasteiger partial charge in [-0.3, -0.25) is 0 Å². The van der Waals surface area contributed by atoms with Crippen molar-refractivity contribution in [2.75, 3.05) is 6.61 Å². The first kappa shape index (κ1) is 25.4. The Kier molecular flexibility index (Phi) is 10.1. The Morgan fingerprint density at radius 1 is 0.794 bits per heavy atom. The highest BCUT2D eigenvalue weighted by atomic mass is 16.6. The summed E-state index contributed by atoms with van der Waals surface area (Å²) in [6.07, 6.45) is 11.0. The highest BCUT2D eigenvalue weighted by Crippen LogP contribution is 2.23. The van der Waals surface area contributed by atoms with Crippen molar-refractivity contribution in [2.45, 2.75) is 71.8 Å². The standard InChI is InChI=1S/C29H36N2O3/c1-4-6-8-10-23-11-13-24(14-12-23)26-20-30-28(31-21-26)25-15-17-27(18-16-25)34-22(3)29(32)33-19-9-7-5-2/h11-18,20-22H,4-10,19H2,1-3H3. The van der Waals surface area contributed by atoms with Gasteiger partial charge in [-0.05, 0) is 61.6 Å². The lowest BCUT2D eigenvalue weighted by molar-refractivity contribution is -0.151. The lowest BCUT2D eigenvalue weighted by Gasteiger charge is -2.14. The molecule has 1 aromatic heterocycles. The predicted molar refractivity (Wildman–Crippen MR) is 137 cm³/mol. The van der Waals surface area contributed by atoms with Crippen LogP contribution in [-0.4, -0.2) is 28.6 Å². The van der Waals surface area contributed by atoms with E-state index in [1.165, 1.54) is 24.8 Å². The van der Waals surface area contributed by atoms with Gasteiger partial charge in [0, 0.05) is 23.5 Å². The monoisotopic (exact) mass is 460 g/mol. The van der Waals surface area contributed by atoms with Gasteiger partial charge in [0.05, 0.1) is 6.61 Å². The van der Waals surface area contributed by atoms with Gasteiger partial charge < -0.3 is 9.47 Å². The number of nitrogens with zero attached hydrogens (tertiary/aromatic N) is 2. The fourth-order valence-electron chi connectivity index (χ4n) is 3.65. The van der Waals surface area contributed by atoms with E-state index in [0.717, 1.165) is 42.4 Å². The van der Waals surface area contributed by atoms with E-state index in [1.807, 2.05) is 36.7 Å². The van der Waals surface area contributed by atoms with Crippen LogP contribution in [0.4, 0.5) is 0 Å². The van der Waals surface area contributed by atoms with Gasteiger partial charge in [-0.2, -0.15) is 0 Å². The molecule has 1 heterocycles. The number of aromatic nitrogens is 2. The Morgan fingerprint density at radius 2 is 1.41 bits per heavy atom. The van der Waals surface area contributed by atoms with Crippen molar-refractivity contribution in [3.05, 3.63) is 66.5 Å². The second-order valence-corrected chi connectivity index (χ2v) is 8.61. The van der Waals surface area contributed by atoms with E-state index in [-0.39, 0.29) is 5.97 Å². The van der Waals surface area contributed by atoms with Crippen LogP contribution in [0.5, 0.6) is 5.75 Å². The van der Waals surface area contributed by atoms with Crippen molar-refractivity contribution in [3.63, 3.8) is 0 Å². The summed E-state index contributed by atoms with van der Waals surface area (Å²) >= 11 is 0. The molecule has 180 valence electrons. The Morgan fingerprint density at radius 3 is 2.06 bits per heavy atom. The SMILES string of the molecule is CCCCCOC(=O)C(C)Oc1ccc(-c2ncc(-c3ccc(CCCCC)cc3)cn2)cc1. The molecule has 0 fully saturated rings. The van der Waals surface area contributed by atoms with Gasteiger partial charge in [-0.25, -0.2) is 14.8 Å². The van der Waals surface area contributed by atoms with Gasteiger partial charge >= 0.3 is 5.97 Å². The highest BCUT2D eigenvalue weighted by Gasteiger charge is 2.16. The molecule has 0 amide bonds. The third-order valence-electron chi connectivity index (χ3n) is 5.76. The molecule has 5 nitrogen and oxygen atoms in total. The summed E-state index contributed by atoms with van der Waals surface area (Å²) in [6, 6.07) is 16.1. The molecular weight excluding hydrogens is 424 g/mol. The van der Waals surface area contributed by atoms with E-state index in [9.17, 15) is 4.79 Å². The molecule has 0 spiro atoms. The zero-order valence-electron chi connectivity index (χ0n) is 20.6. The van der Waals surface area contributed by atoms with E-state index < -0.39 is 6.10 Å². The van der Waals surface area contributed by atoms with Crippen LogP contribution in [0.25, 0.3) is 22.5 Å². The average Bonchev–Trinajstić information content (AvgIpc) is 2.88. The largest absolute Gasteiger partial charge is 0.479 e. The molecule has 0 saturated heterocycles. The zero-order chi connectivity index (χ0) is 24.2. The van der Waals surface area contributed by atoms with Crippen LogP contribution in [0.1, 0.15) is 64.9 Å². The third-order valence-corrected chi connectivity index (χ3v) is 5.76. The lowest BCUT2D eigenvalue weighted by Crippen LogP contribution is -2.26. The van der Waals surface area contributed by atoms with Gasteiger partial charge in [0.15, 0.2) is 11.9 Å². The summed E-state index contributed by atoms with van der Waals surface area (Å²) in [5, 5.41) is 0. The minimum Gasteiger partial charge on any atom is -0.479 e. The number of esters is 1. The van der Waals surface area contributed by atoms with Crippen LogP contribution in [0, 0.1) is 0 Å². The van der Waals surface area contributed by atoms with Gasteiger partial charge in [0.25, 0.3) is 0 Å². The number of rotatable bonds is 13. The summed E-state index contributed by atoms with van der Waals surface area (Å²) < 4.78 is 11.0. The molecule has 0 aliphatic heterocycles. The molecule has 0 aliphatic rings. The van der Waals surface area contributed by atoms with Crippen molar-refractivity contribution < 1.29 is 14.3 Å². The maximum absolute atomic E-state index is 12.1. The molecule has 0 radical (unpaired) electrons. The molecule has 3 aromatic rings. The van der Waals surface area contributed by atoms with E-state index in [0.29, 0.717) is 18.2 Å². The molecule has 2 aromatic carbocycles. The van der Waals surface area contributed by atoms with Crippen LogP contribution in [0.3, 0.4) is 0 Å². The summed E-state index contributed by atoms with van der Waals surface area (Å²) in [5.74, 6) is 0.917. The van der Waals surface area contributed by atoms with Gasteiger partial charge in [-0.15, -0.1) is 0 Å². The second kappa shape index (κ2) is 13.5. The van der Waals surface area contributed by atoms with E-state index in [4.69, 9.17) is 9.47 Å². The summed E-state index contributed by atoms with van der Waals surface area (Å²) in [4.78, 5) is 21.2. The first-order valence-electron chi connectivity index (χ1n) is 12.5. The number of carbonyl (C=O) groups excluding carboxylic acids is 1. The summed E-state index contributed by atoms with van der Waals surface area (Å²) in [7, 11) is 0. The molecule has 0 bridgehead atoms. The van der Waals surface area contributed by atoms with Gasteiger partial charge in [0.1, 0.15) is 5.75 Å². The van der Waals surface area contributed by atoms with Crippen LogP contribution < -0.4 is 4.74 Å². The van der Waals surface area contributed by atoms with Crippen molar-refractivity contribution in [1.82, 2.24) is 9.97 Å². The third kappa shape index (κ3) is 7.68. The average molecular weight is 461 g/mol. The molecule has 0 N–H and O–H groups in total. The number of hydrogen-bond acceptors (Lipinski definition) is 5. The minimum atomic E-state index is -0.652. The zero-order valence-corrected chi connectivity index (χ0v) is 20.6. The topological polar surface area (TPSA) is 61.3 Å². The number of hydrogen-bond donors (Lipinski definition) is 0. The molecule has 34 heavy (non-hydrogen) atoms. The predicted octanol–water partition coefficient (Wildman–Crippen LogP) is 7.04. The number of benzene rings is 2. The highest BCUT2D eigenvalue weighted by molar-refractivity contribution is 5.74. The Bertz CT molecular complexity index is 999. The van der Waals surface area contributed by atoms with Gasteiger partial charge in [-0.1, -0.05) is 63.8 Å². The van der Waals surface area contributed by atoms with Crippen LogP contribution in [0.2, 0.25) is 0 Å². The molecule has 5 heteroatoms. The molecule has 1 atom stereocenters. The smallest absolute Gasteiger partial charge is 0.347 e. The van der Waals surface area contributed by atoms with Crippen molar-refractivity contribution in [3.8, 4) is 28.3 Å². The quantitative estimate of drug-likeness (QED) is 0.202. The Labute approximate surface area is 203 Å². The van der Waals surface area contributed by atoms with E-state index in [2.05, 4.69) is 48.1 Å². The fourth-order valence-corrected chi connectivity index (χ4v) is 3.65. The maximum atomic E-state index is 12.1. The first-order chi connectivity index (χ1) is 16.6. The molecule has 1 unspecified atom stereocenters. The number of carbonyl (C=O) groups is 1. The second-order valence-electron chi connectivity index (χ2n) is 8.61. The molecular formula is C29H36N2O3. The summed E-state index contributed by atoms with van der Waals surface area (Å²) in [6.45, 7) is 6.49. The van der Waals surface area contributed by atoms with Crippen molar-refractivity contribution in [2.24, 2.45) is 0 Å².